The zero-order valence-corrected chi connectivity index (χ0v) is 11.6. The van der Waals surface area contributed by atoms with Gasteiger partial charge in [0.05, 0.1) is 11.6 Å². The van der Waals surface area contributed by atoms with Crippen molar-refractivity contribution in [2.75, 3.05) is 32.5 Å². The standard InChI is InChI=1S/C14H18N4O2/c1-18(2)8-4-7-16-13(19)14(20)17-12-6-3-5-11(9-12)10-15/h3,5-6,9H,4,7-8H2,1-2H3,(H,16,19)(H,17,20). The van der Waals surface area contributed by atoms with Crippen molar-refractivity contribution >= 4 is 17.5 Å². The normalized spacial score (nSPS) is 9.90. The van der Waals surface area contributed by atoms with Crippen molar-refractivity contribution in [3.63, 3.8) is 0 Å². The van der Waals surface area contributed by atoms with E-state index in [0.29, 0.717) is 17.8 Å². The summed E-state index contributed by atoms with van der Waals surface area (Å²) in [5.74, 6) is -1.41. The summed E-state index contributed by atoms with van der Waals surface area (Å²) in [5.41, 5.74) is 0.853. The molecule has 6 nitrogen and oxygen atoms in total. The number of nitrogens with one attached hydrogen (secondary N) is 2. The Kier molecular flexibility index (Phi) is 6.20. The van der Waals surface area contributed by atoms with Crippen molar-refractivity contribution < 1.29 is 9.59 Å². The molecule has 0 saturated carbocycles. The number of carbonyl (C=O) groups is 2. The number of rotatable bonds is 5. The molecule has 0 aliphatic rings. The van der Waals surface area contributed by atoms with Crippen LogP contribution in [0.15, 0.2) is 24.3 Å². The zero-order valence-electron chi connectivity index (χ0n) is 11.6. The molecule has 2 N–H and O–H groups in total. The first-order valence-corrected chi connectivity index (χ1v) is 6.27. The highest BCUT2D eigenvalue weighted by atomic mass is 16.2. The average molecular weight is 274 g/mol. The summed E-state index contributed by atoms with van der Waals surface area (Å²) >= 11 is 0. The van der Waals surface area contributed by atoms with E-state index in [0.717, 1.165) is 13.0 Å². The van der Waals surface area contributed by atoms with Gasteiger partial charge in [0.25, 0.3) is 0 Å². The highest BCUT2D eigenvalue weighted by Gasteiger charge is 2.12. The molecule has 0 aliphatic carbocycles. The lowest BCUT2D eigenvalue weighted by Crippen LogP contribution is -2.36. The van der Waals surface area contributed by atoms with Crippen LogP contribution in [0.3, 0.4) is 0 Å². The molecule has 0 aromatic heterocycles. The van der Waals surface area contributed by atoms with Crippen LogP contribution >= 0.6 is 0 Å². The second kappa shape index (κ2) is 7.92. The fraction of sp³-hybridized carbons (Fsp3) is 0.357. The maximum Gasteiger partial charge on any atom is 0.313 e. The molecule has 1 aromatic carbocycles. The first-order chi connectivity index (χ1) is 9.52. The second-order valence-electron chi connectivity index (χ2n) is 4.56. The van der Waals surface area contributed by atoms with E-state index in [1.54, 1.807) is 18.2 Å². The zero-order chi connectivity index (χ0) is 15.0. The summed E-state index contributed by atoms with van der Waals surface area (Å²) in [4.78, 5) is 25.2. The van der Waals surface area contributed by atoms with E-state index < -0.39 is 11.8 Å². The minimum Gasteiger partial charge on any atom is -0.348 e. The summed E-state index contributed by atoms with van der Waals surface area (Å²) in [6.45, 7) is 1.29. The van der Waals surface area contributed by atoms with Crippen LogP contribution in [-0.4, -0.2) is 43.9 Å². The minimum atomic E-state index is -0.732. The molecule has 106 valence electrons. The molecule has 6 heteroatoms. The predicted octanol–water partition coefficient (Wildman–Crippen LogP) is 0.565. The van der Waals surface area contributed by atoms with Crippen molar-refractivity contribution in [2.45, 2.75) is 6.42 Å². The van der Waals surface area contributed by atoms with Crippen LogP contribution in [0.4, 0.5) is 5.69 Å². The molecular formula is C14H18N4O2. The van der Waals surface area contributed by atoms with Gasteiger partial charge in [-0.1, -0.05) is 6.07 Å². The lowest BCUT2D eigenvalue weighted by atomic mass is 10.2. The van der Waals surface area contributed by atoms with Gasteiger partial charge in [0, 0.05) is 12.2 Å². The van der Waals surface area contributed by atoms with Crippen molar-refractivity contribution in [3.8, 4) is 6.07 Å². The van der Waals surface area contributed by atoms with Gasteiger partial charge in [-0.15, -0.1) is 0 Å². The molecule has 1 rings (SSSR count). The van der Waals surface area contributed by atoms with E-state index in [-0.39, 0.29) is 0 Å². The predicted molar refractivity (Wildman–Crippen MR) is 76.0 cm³/mol. The third-order valence-electron chi connectivity index (χ3n) is 2.52. The molecule has 0 saturated heterocycles. The Balaban J connectivity index is 2.41. The monoisotopic (exact) mass is 274 g/mol. The number of anilines is 1. The van der Waals surface area contributed by atoms with Gasteiger partial charge < -0.3 is 15.5 Å². The Morgan fingerprint density at radius 1 is 1.30 bits per heavy atom. The van der Waals surface area contributed by atoms with Crippen molar-refractivity contribution in [3.05, 3.63) is 29.8 Å². The summed E-state index contributed by atoms with van der Waals surface area (Å²) < 4.78 is 0. The number of benzene rings is 1. The highest BCUT2D eigenvalue weighted by Crippen LogP contribution is 2.09. The maximum absolute atomic E-state index is 11.6. The topological polar surface area (TPSA) is 85.2 Å². The largest absolute Gasteiger partial charge is 0.348 e. The number of hydrogen-bond acceptors (Lipinski definition) is 4. The van der Waals surface area contributed by atoms with Crippen LogP contribution in [0.25, 0.3) is 0 Å². The Labute approximate surface area is 118 Å². The van der Waals surface area contributed by atoms with E-state index in [9.17, 15) is 9.59 Å². The van der Waals surface area contributed by atoms with Gasteiger partial charge in [-0.05, 0) is 45.3 Å². The summed E-state index contributed by atoms with van der Waals surface area (Å²) in [6, 6.07) is 8.36. The van der Waals surface area contributed by atoms with Crippen LogP contribution in [0.1, 0.15) is 12.0 Å². The molecule has 0 unspecified atom stereocenters. The van der Waals surface area contributed by atoms with Gasteiger partial charge in [-0.2, -0.15) is 5.26 Å². The van der Waals surface area contributed by atoms with E-state index in [4.69, 9.17) is 5.26 Å². The first kappa shape index (κ1) is 15.7. The molecule has 0 aliphatic heterocycles. The van der Waals surface area contributed by atoms with Gasteiger partial charge in [0.2, 0.25) is 0 Å². The number of hydrogen-bond donors (Lipinski definition) is 2. The van der Waals surface area contributed by atoms with Gasteiger partial charge in [0.1, 0.15) is 0 Å². The third kappa shape index (κ3) is 5.50. The van der Waals surface area contributed by atoms with E-state index in [2.05, 4.69) is 10.6 Å². The van der Waals surface area contributed by atoms with Crippen molar-refractivity contribution in [2.24, 2.45) is 0 Å². The lowest BCUT2D eigenvalue weighted by Gasteiger charge is -2.10. The number of nitrogens with zero attached hydrogens (tertiary/aromatic N) is 2. The van der Waals surface area contributed by atoms with Crippen LogP contribution in [0, 0.1) is 11.3 Å². The summed E-state index contributed by atoms with van der Waals surface area (Å²) in [6.07, 6.45) is 0.774. The Bertz CT molecular complexity index is 520. The van der Waals surface area contributed by atoms with Crippen LogP contribution in [0.2, 0.25) is 0 Å². The summed E-state index contributed by atoms with van der Waals surface area (Å²) in [7, 11) is 3.88. The summed E-state index contributed by atoms with van der Waals surface area (Å²) in [5, 5.41) is 13.7. The lowest BCUT2D eigenvalue weighted by molar-refractivity contribution is -0.136. The van der Waals surface area contributed by atoms with E-state index in [1.807, 2.05) is 25.1 Å². The van der Waals surface area contributed by atoms with Gasteiger partial charge in [-0.25, -0.2) is 0 Å². The SMILES string of the molecule is CN(C)CCCNC(=O)C(=O)Nc1cccc(C#N)c1. The van der Waals surface area contributed by atoms with Crippen molar-refractivity contribution in [1.29, 1.82) is 5.26 Å². The van der Waals surface area contributed by atoms with Crippen molar-refractivity contribution in [1.82, 2.24) is 10.2 Å². The number of carbonyl (C=O) groups excluding carboxylic acids is 2. The molecule has 0 heterocycles. The van der Waals surface area contributed by atoms with E-state index in [1.165, 1.54) is 6.07 Å². The Morgan fingerprint density at radius 3 is 2.70 bits per heavy atom. The molecule has 0 spiro atoms. The van der Waals surface area contributed by atoms with E-state index >= 15 is 0 Å². The first-order valence-electron chi connectivity index (χ1n) is 6.27. The van der Waals surface area contributed by atoms with Gasteiger partial charge in [-0.3, -0.25) is 9.59 Å². The van der Waals surface area contributed by atoms with Crippen LogP contribution < -0.4 is 10.6 Å². The molecule has 0 atom stereocenters. The Hall–Kier alpha value is -2.39. The highest BCUT2D eigenvalue weighted by molar-refractivity contribution is 6.39. The molecule has 2 amide bonds. The second-order valence-corrected chi connectivity index (χ2v) is 4.56. The molecule has 20 heavy (non-hydrogen) atoms. The smallest absolute Gasteiger partial charge is 0.313 e. The number of amides is 2. The fourth-order valence-electron chi connectivity index (χ4n) is 1.53. The van der Waals surface area contributed by atoms with Crippen LogP contribution in [0.5, 0.6) is 0 Å². The van der Waals surface area contributed by atoms with Gasteiger partial charge >= 0.3 is 11.8 Å². The molecule has 0 radical (unpaired) electrons. The minimum absolute atomic E-state index is 0.425. The molecule has 0 fully saturated rings. The average Bonchev–Trinajstić information content (AvgIpc) is 2.43. The third-order valence-corrected chi connectivity index (χ3v) is 2.52. The maximum atomic E-state index is 11.6. The quantitative estimate of drug-likeness (QED) is 0.607. The van der Waals surface area contributed by atoms with Crippen LogP contribution in [-0.2, 0) is 9.59 Å². The van der Waals surface area contributed by atoms with Gasteiger partial charge in [0.15, 0.2) is 0 Å². The Morgan fingerprint density at radius 2 is 2.05 bits per heavy atom. The molecule has 1 aromatic rings. The fourth-order valence-corrected chi connectivity index (χ4v) is 1.53. The molecular weight excluding hydrogens is 256 g/mol. The molecule has 0 bridgehead atoms. The number of nitriles is 1.